The van der Waals surface area contributed by atoms with Crippen molar-refractivity contribution in [1.82, 2.24) is 9.88 Å². The van der Waals surface area contributed by atoms with Crippen molar-refractivity contribution in [1.29, 1.82) is 0 Å². The number of ether oxygens (including phenoxy) is 1. The van der Waals surface area contributed by atoms with Crippen molar-refractivity contribution in [2.45, 2.75) is 25.5 Å². The van der Waals surface area contributed by atoms with Gasteiger partial charge in [-0.25, -0.2) is 0 Å². The van der Waals surface area contributed by atoms with Gasteiger partial charge in [0.1, 0.15) is 0 Å². The van der Waals surface area contributed by atoms with E-state index in [1.807, 2.05) is 30.1 Å². The van der Waals surface area contributed by atoms with Gasteiger partial charge >= 0.3 is 5.97 Å². The van der Waals surface area contributed by atoms with Gasteiger partial charge in [0.2, 0.25) is 0 Å². The number of nitrogens with zero attached hydrogens (tertiary/aromatic N) is 2. The van der Waals surface area contributed by atoms with Crippen molar-refractivity contribution in [3.8, 4) is 0 Å². The highest BCUT2D eigenvalue weighted by atomic mass is 16.5. The van der Waals surface area contributed by atoms with Crippen LogP contribution < -0.4 is 0 Å². The standard InChI is InChI=1S/C13H20N2O3/c1-15(9-11-5-3-4-8-14-11)10-12(16)6-7-13(17)18-2/h3-5,8,12,16H,6-7,9-10H2,1-2H3. The Morgan fingerprint density at radius 2 is 2.33 bits per heavy atom. The van der Waals surface area contributed by atoms with Gasteiger partial charge in [-0.3, -0.25) is 14.7 Å². The lowest BCUT2D eigenvalue weighted by atomic mass is 10.2. The number of pyridine rings is 1. The number of aliphatic hydroxyl groups excluding tert-OH is 1. The molecule has 0 spiro atoms. The van der Waals surface area contributed by atoms with Crippen LogP contribution in [-0.4, -0.2) is 47.8 Å². The molecule has 0 aliphatic rings. The lowest BCUT2D eigenvalue weighted by Crippen LogP contribution is -2.29. The summed E-state index contributed by atoms with van der Waals surface area (Å²) in [5, 5.41) is 9.77. The van der Waals surface area contributed by atoms with Crippen LogP contribution in [-0.2, 0) is 16.1 Å². The molecule has 0 amide bonds. The Labute approximate surface area is 107 Å². The number of aliphatic hydroxyl groups is 1. The van der Waals surface area contributed by atoms with Gasteiger partial charge in [0, 0.05) is 25.7 Å². The molecule has 1 N–H and O–H groups in total. The van der Waals surface area contributed by atoms with Crippen molar-refractivity contribution >= 4 is 5.97 Å². The zero-order chi connectivity index (χ0) is 13.4. The number of carbonyl (C=O) groups excluding carboxylic acids is 1. The lowest BCUT2D eigenvalue weighted by Gasteiger charge is -2.19. The van der Waals surface area contributed by atoms with E-state index in [-0.39, 0.29) is 12.4 Å². The van der Waals surface area contributed by atoms with Crippen molar-refractivity contribution < 1.29 is 14.6 Å². The molecule has 18 heavy (non-hydrogen) atoms. The van der Waals surface area contributed by atoms with E-state index in [4.69, 9.17) is 0 Å². The number of hydrogen-bond donors (Lipinski definition) is 1. The molecule has 0 aromatic carbocycles. The predicted octanol–water partition coefficient (Wildman–Crippen LogP) is 0.827. The van der Waals surface area contributed by atoms with Gasteiger partial charge in [0.05, 0.1) is 18.9 Å². The van der Waals surface area contributed by atoms with Crippen LogP contribution in [0, 0.1) is 0 Å². The molecule has 0 fully saturated rings. The number of likely N-dealkylation sites (N-methyl/N-ethyl adjacent to an activating group) is 1. The SMILES string of the molecule is COC(=O)CCC(O)CN(C)Cc1ccccn1. The predicted molar refractivity (Wildman–Crippen MR) is 67.8 cm³/mol. The van der Waals surface area contributed by atoms with Crippen molar-refractivity contribution in [3.63, 3.8) is 0 Å². The van der Waals surface area contributed by atoms with E-state index in [1.165, 1.54) is 7.11 Å². The fourth-order valence-electron chi connectivity index (χ4n) is 1.67. The third-order valence-electron chi connectivity index (χ3n) is 2.59. The first kappa shape index (κ1) is 14.6. The number of carbonyl (C=O) groups is 1. The van der Waals surface area contributed by atoms with Gasteiger partial charge in [-0.2, -0.15) is 0 Å². The summed E-state index contributed by atoms with van der Waals surface area (Å²) in [7, 11) is 3.26. The first-order chi connectivity index (χ1) is 8.61. The summed E-state index contributed by atoms with van der Waals surface area (Å²) in [5.41, 5.74) is 0.958. The quantitative estimate of drug-likeness (QED) is 0.728. The summed E-state index contributed by atoms with van der Waals surface area (Å²) >= 11 is 0. The van der Waals surface area contributed by atoms with Gasteiger partial charge in [0.15, 0.2) is 0 Å². The average molecular weight is 252 g/mol. The number of rotatable bonds is 7. The Morgan fingerprint density at radius 1 is 1.56 bits per heavy atom. The van der Waals surface area contributed by atoms with E-state index >= 15 is 0 Å². The largest absolute Gasteiger partial charge is 0.469 e. The third kappa shape index (κ3) is 5.75. The smallest absolute Gasteiger partial charge is 0.305 e. The second-order valence-corrected chi connectivity index (χ2v) is 4.29. The maximum atomic E-state index is 10.9. The van der Waals surface area contributed by atoms with Crippen molar-refractivity contribution in [3.05, 3.63) is 30.1 Å². The minimum Gasteiger partial charge on any atom is -0.469 e. The van der Waals surface area contributed by atoms with E-state index in [0.717, 1.165) is 5.69 Å². The second kappa shape index (κ2) is 7.79. The molecule has 1 aromatic heterocycles. The van der Waals surface area contributed by atoms with Gasteiger partial charge in [0.25, 0.3) is 0 Å². The molecule has 0 radical (unpaired) electrons. The maximum absolute atomic E-state index is 10.9. The molecule has 0 aliphatic carbocycles. The highest BCUT2D eigenvalue weighted by Gasteiger charge is 2.11. The fraction of sp³-hybridized carbons (Fsp3) is 0.538. The highest BCUT2D eigenvalue weighted by Crippen LogP contribution is 2.04. The number of hydrogen-bond acceptors (Lipinski definition) is 5. The molecular formula is C13H20N2O3. The third-order valence-corrected chi connectivity index (χ3v) is 2.59. The Hall–Kier alpha value is -1.46. The normalized spacial score (nSPS) is 12.4. The first-order valence-electron chi connectivity index (χ1n) is 5.95. The molecule has 100 valence electrons. The molecular weight excluding hydrogens is 232 g/mol. The molecule has 1 aromatic rings. The van der Waals surface area contributed by atoms with E-state index in [1.54, 1.807) is 6.20 Å². The molecule has 0 bridgehead atoms. The number of esters is 1. The summed E-state index contributed by atoms with van der Waals surface area (Å²) in [4.78, 5) is 17.1. The van der Waals surface area contributed by atoms with Crippen LogP contribution in [0.15, 0.2) is 24.4 Å². The average Bonchev–Trinajstić information content (AvgIpc) is 2.37. The van der Waals surface area contributed by atoms with Crippen molar-refractivity contribution in [2.24, 2.45) is 0 Å². The molecule has 0 saturated carbocycles. The minimum atomic E-state index is -0.530. The molecule has 5 nitrogen and oxygen atoms in total. The lowest BCUT2D eigenvalue weighted by molar-refractivity contribution is -0.141. The van der Waals surface area contributed by atoms with E-state index in [2.05, 4.69) is 9.72 Å². The number of methoxy groups -OCH3 is 1. The summed E-state index contributed by atoms with van der Waals surface area (Å²) < 4.78 is 4.53. The zero-order valence-corrected chi connectivity index (χ0v) is 10.9. The highest BCUT2D eigenvalue weighted by molar-refractivity contribution is 5.69. The van der Waals surface area contributed by atoms with Crippen LogP contribution in [0.5, 0.6) is 0 Å². The van der Waals surface area contributed by atoms with Crippen LogP contribution in [0.4, 0.5) is 0 Å². The van der Waals surface area contributed by atoms with E-state index < -0.39 is 6.10 Å². The molecule has 1 heterocycles. The zero-order valence-electron chi connectivity index (χ0n) is 10.9. The monoisotopic (exact) mass is 252 g/mol. The minimum absolute atomic E-state index is 0.245. The van der Waals surface area contributed by atoms with Gasteiger partial charge in [-0.15, -0.1) is 0 Å². The Balaban J connectivity index is 2.27. The summed E-state index contributed by atoms with van der Waals surface area (Å²) in [5.74, 6) is -0.290. The van der Waals surface area contributed by atoms with E-state index in [9.17, 15) is 9.90 Å². The van der Waals surface area contributed by atoms with Gasteiger partial charge < -0.3 is 9.84 Å². The molecule has 5 heteroatoms. The Bertz CT molecular complexity index is 357. The van der Waals surface area contributed by atoms with Crippen LogP contribution in [0.1, 0.15) is 18.5 Å². The van der Waals surface area contributed by atoms with Crippen LogP contribution in [0.25, 0.3) is 0 Å². The van der Waals surface area contributed by atoms with E-state index in [0.29, 0.717) is 19.5 Å². The Kier molecular flexibility index (Phi) is 6.32. The van der Waals surface area contributed by atoms with Crippen molar-refractivity contribution in [2.75, 3.05) is 20.7 Å². The molecule has 1 unspecified atom stereocenters. The summed E-state index contributed by atoms with van der Waals surface area (Å²) in [6.45, 7) is 1.18. The molecule has 1 atom stereocenters. The van der Waals surface area contributed by atoms with Crippen LogP contribution in [0.2, 0.25) is 0 Å². The number of aromatic nitrogens is 1. The van der Waals surface area contributed by atoms with Gasteiger partial charge in [-0.05, 0) is 25.6 Å². The first-order valence-corrected chi connectivity index (χ1v) is 5.95. The summed E-state index contributed by atoms with van der Waals surface area (Å²) in [6.07, 6.45) is 1.88. The summed E-state index contributed by atoms with van der Waals surface area (Å²) in [6, 6.07) is 5.75. The Morgan fingerprint density at radius 3 is 2.94 bits per heavy atom. The maximum Gasteiger partial charge on any atom is 0.305 e. The topological polar surface area (TPSA) is 62.7 Å². The van der Waals surface area contributed by atoms with Crippen LogP contribution >= 0.6 is 0 Å². The fourth-order valence-corrected chi connectivity index (χ4v) is 1.67. The molecule has 1 rings (SSSR count). The second-order valence-electron chi connectivity index (χ2n) is 4.29. The molecule has 0 saturated heterocycles. The molecule has 0 aliphatic heterocycles. The van der Waals surface area contributed by atoms with Gasteiger partial charge in [-0.1, -0.05) is 6.07 Å². The van der Waals surface area contributed by atoms with Crippen LogP contribution in [0.3, 0.4) is 0 Å².